The van der Waals surface area contributed by atoms with E-state index >= 15 is 0 Å². The van der Waals surface area contributed by atoms with E-state index in [0.29, 0.717) is 23.7 Å². The number of carbonyl (C=O) groups is 2. The fourth-order valence-electron chi connectivity index (χ4n) is 3.54. The van der Waals surface area contributed by atoms with Crippen LogP contribution < -0.4 is 4.74 Å². The summed E-state index contributed by atoms with van der Waals surface area (Å²) >= 11 is 12.1. The lowest BCUT2D eigenvalue weighted by atomic mass is 9.95. The van der Waals surface area contributed by atoms with E-state index in [2.05, 4.69) is 0 Å². The Morgan fingerprint density at radius 3 is 2.47 bits per heavy atom. The second-order valence-corrected chi connectivity index (χ2v) is 8.40. The molecular formula is C23H24Cl2N2O5. The van der Waals surface area contributed by atoms with Crippen LogP contribution in [0, 0.1) is 0 Å². The van der Waals surface area contributed by atoms with Gasteiger partial charge in [-0.25, -0.2) is 0 Å². The molecule has 1 unspecified atom stereocenters. The van der Waals surface area contributed by atoms with Gasteiger partial charge in [0, 0.05) is 18.7 Å². The van der Waals surface area contributed by atoms with E-state index in [-0.39, 0.29) is 40.0 Å². The lowest BCUT2D eigenvalue weighted by Gasteiger charge is -2.27. The predicted molar refractivity (Wildman–Crippen MR) is 123 cm³/mol. The summed E-state index contributed by atoms with van der Waals surface area (Å²) in [5, 5.41) is 21.7. The number of benzene rings is 2. The van der Waals surface area contributed by atoms with Gasteiger partial charge in [0.05, 0.1) is 28.3 Å². The first-order valence-corrected chi connectivity index (χ1v) is 10.8. The highest BCUT2D eigenvalue weighted by molar-refractivity contribution is 6.46. The summed E-state index contributed by atoms with van der Waals surface area (Å²) in [4.78, 5) is 29.3. The molecule has 2 N–H and O–H groups in total. The standard InChI is InChI=1S/C23H24Cl2N2O5/c1-4-32-18-12-13(6-8-17(18)28)20-19(21(29)14-5-7-15(24)16(25)11-14)22(30)23(31)27(20)10-9-26(2)3/h5-8,11-12,20,28-29H,4,9-10H2,1-3H3/b21-19-. The number of hydrogen-bond donors (Lipinski definition) is 2. The third kappa shape index (κ3) is 4.70. The molecule has 2 aromatic rings. The van der Waals surface area contributed by atoms with Crippen LogP contribution in [0.1, 0.15) is 24.1 Å². The quantitative estimate of drug-likeness (QED) is 0.354. The molecule has 3 rings (SSSR count). The van der Waals surface area contributed by atoms with Crippen molar-refractivity contribution in [1.82, 2.24) is 9.80 Å². The van der Waals surface area contributed by atoms with E-state index in [1.807, 2.05) is 19.0 Å². The average Bonchev–Trinajstić information content (AvgIpc) is 3.00. The zero-order chi connectivity index (χ0) is 23.6. The minimum atomic E-state index is -0.871. The molecule has 0 aliphatic carbocycles. The van der Waals surface area contributed by atoms with Gasteiger partial charge < -0.3 is 24.7 Å². The number of ketones is 1. The number of aliphatic hydroxyl groups excluding tert-OH is 1. The third-order valence-electron chi connectivity index (χ3n) is 5.12. The molecule has 170 valence electrons. The van der Waals surface area contributed by atoms with E-state index < -0.39 is 17.7 Å². The SMILES string of the molecule is CCOc1cc(C2/C(=C(/O)c3ccc(Cl)c(Cl)c3)C(=O)C(=O)N2CCN(C)C)ccc1O. The van der Waals surface area contributed by atoms with Crippen molar-refractivity contribution in [3.8, 4) is 11.5 Å². The van der Waals surface area contributed by atoms with Crippen molar-refractivity contribution in [2.45, 2.75) is 13.0 Å². The topological polar surface area (TPSA) is 90.3 Å². The van der Waals surface area contributed by atoms with Gasteiger partial charge in [-0.3, -0.25) is 9.59 Å². The van der Waals surface area contributed by atoms with E-state index in [9.17, 15) is 19.8 Å². The fraction of sp³-hybridized carbons (Fsp3) is 0.304. The number of halogens is 2. The molecule has 7 nitrogen and oxygen atoms in total. The van der Waals surface area contributed by atoms with Crippen molar-refractivity contribution in [1.29, 1.82) is 0 Å². The zero-order valence-electron chi connectivity index (χ0n) is 17.9. The number of Topliss-reactive ketones (excluding diaryl/α,β-unsaturated/α-hetero) is 1. The average molecular weight is 479 g/mol. The molecule has 0 bridgehead atoms. The van der Waals surface area contributed by atoms with E-state index in [1.54, 1.807) is 19.1 Å². The lowest BCUT2D eigenvalue weighted by Crippen LogP contribution is -2.35. The van der Waals surface area contributed by atoms with Crippen LogP contribution in [0.25, 0.3) is 5.76 Å². The Kier molecular flexibility index (Phi) is 7.33. The Hall–Kier alpha value is -2.74. The minimum Gasteiger partial charge on any atom is -0.507 e. The molecule has 0 spiro atoms. The van der Waals surface area contributed by atoms with Gasteiger partial charge in [-0.05, 0) is 56.9 Å². The Bertz CT molecular complexity index is 1080. The maximum atomic E-state index is 13.0. The maximum Gasteiger partial charge on any atom is 0.295 e. The first-order valence-electron chi connectivity index (χ1n) is 10.00. The van der Waals surface area contributed by atoms with E-state index in [1.165, 1.54) is 29.2 Å². The Morgan fingerprint density at radius 2 is 1.84 bits per heavy atom. The number of nitrogens with zero attached hydrogens (tertiary/aromatic N) is 2. The Balaban J connectivity index is 2.19. The van der Waals surface area contributed by atoms with Gasteiger partial charge in [-0.1, -0.05) is 29.3 Å². The zero-order valence-corrected chi connectivity index (χ0v) is 19.4. The molecule has 1 atom stereocenters. The van der Waals surface area contributed by atoms with Crippen molar-refractivity contribution >= 4 is 40.7 Å². The van der Waals surface area contributed by atoms with Gasteiger partial charge in [0.15, 0.2) is 11.5 Å². The van der Waals surface area contributed by atoms with Crippen molar-refractivity contribution < 1.29 is 24.5 Å². The van der Waals surface area contributed by atoms with Gasteiger partial charge in [-0.15, -0.1) is 0 Å². The molecule has 1 amide bonds. The summed E-state index contributed by atoms with van der Waals surface area (Å²) in [7, 11) is 3.71. The Labute approximate surface area is 196 Å². The lowest BCUT2D eigenvalue weighted by molar-refractivity contribution is -0.140. The Morgan fingerprint density at radius 1 is 1.12 bits per heavy atom. The maximum absolute atomic E-state index is 13.0. The van der Waals surface area contributed by atoms with Gasteiger partial charge >= 0.3 is 0 Å². The monoisotopic (exact) mass is 478 g/mol. The number of ether oxygens (including phenoxy) is 1. The molecule has 0 radical (unpaired) electrons. The molecular weight excluding hydrogens is 455 g/mol. The second-order valence-electron chi connectivity index (χ2n) is 7.58. The van der Waals surface area contributed by atoms with Crippen LogP contribution in [-0.2, 0) is 9.59 Å². The summed E-state index contributed by atoms with van der Waals surface area (Å²) in [5.74, 6) is -1.72. The van der Waals surface area contributed by atoms with Crippen molar-refractivity contribution in [3.05, 3.63) is 63.1 Å². The highest BCUT2D eigenvalue weighted by atomic mass is 35.5. The summed E-state index contributed by atoms with van der Waals surface area (Å²) in [6, 6.07) is 8.20. The molecule has 9 heteroatoms. The van der Waals surface area contributed by atoms with Crippen molar-refractivity contribution in [2.24, 2.45) is 0 Å². The number of phenolic OH excluding ortho intramolecular Hbond substituents is 1. The number of aliphatic hydroxyl groups is 1. The number of likely N-dealkylation sites (tertiary alicyclic amines) is 1. The van der Waals surface area contributed by atoms with Gasteiger partial charge in [0.2, 0.25) is 0 Å². The van der Waals surface area contributed by atoms with Crippen LogP contribution in [0.3, 0.4) is 0 Å². The number of amides is 1. The molecule has 1 fully saturated rings. The number of rotatable bonds is 7. The molecule has 1 saturated heterocycles. The summed E-state index contributed by atoms with van der Waals surface area (Å²) < 4.78 is 5.48. The molecule has 2 aromatic carbocycles. The van der Waals surface area contributed by atoms with Crippen molar-refractivity contribution in [3.63, 3.8) is 0 Å². The largest absolute Gasteiger partial charge is 0.507 e. The highest BCUT2D eigenvalue weighted by Gasteiger charge is 2.46. The normalized spacial score (nSPS) is 17.9. The van der Waals surface area contributed by atoms with E-state index in [0.717, 1.165) is 0 Å². The molecule has 1 aliphatic heterocycles. The van der Waals surface area contributed by atoms with Crippen LogP contribution in [0.15, 0.2) is 42.0 Å². The first-order chi connectivity index (χ1) is 15.1. The second kappa shape index (κ2) is 9.81. The summed E-state index contributed by atoms with van der Waals surface area (Å²) in [6.45, 7) is 2.86. The summed E-state index contributed by atoms with van der Waals surface area (Å²) in [6.07, 6.45) is 0. The summed E-state index contributed by atoms with van der Waals surface area (Å²) in [5.41, 5.74) is 0.713. The van der Waals surface area contributed by atoms with Gasteiger partial charge in [0.1, 0.15) is 5.76 Å². The number of hydrogen-bond acceptors (Lipinski definition) is 6. The van der Waals surface area contributed by atoms with Crippen LogP contribution in [0.5, 0.6) is 11.5 Å². The number of aromatic hydroxyl groups is 1. The highest BCUT2D eigenvalue weighted by Crippen LogP contribution is 2.42. The van der Waals surface area contributed by atoms with E-state index in [4.69, 9.17) is 27.9 Å². The third-order valence-corrected chi connectivity index (χ3v) is 5.86. The van der Waals surface area contributed by atoms with Crippen LogP contribution in [0.2, 0.25) is 10.0 Å². The smallest absolute Gasteiger partial charge is 0.295 e. The molecule has 0 saturated carbocycles. The predicted octanol–water partition coefficient (Wildman–Crippen LogP) is 4.08. The number of carbonyl (C=O) groups excluding carboxylic acids is 2. The molecule has 1 aliphatic rings. The molecule has 0 aromatic heterocycles. The van der Waals surface area contributed by atoms with Gasteiger partial charge in [-0.2, -0.15) is 0 Å². The molecule has 32 heavy (non-hydrogen) atoms. The minimum absolute atomic E-state index is 0.0645. The number of likely N-dealkylation sites (N-methyl/N-ethyl adjacent to an activating group) is 1. The number of phenols is 1. The first kappa shape index (κ1) is 23.9. The van der Waals surface area contributed by atoms with Crippen LogP contribution in [0.4, 0.5) is 0 Å². The molecule has 1 heterocycles. The van der Waals surface area contributed by atoms with Gasteiger partial charge in [0.25, 0.3) is 11.7 Å². The van der Waals surface area contributed by atoms with Crippen LogP contribution in [-0.4, -0.2) is 65.5 Å². The van der Waals surface area contributed by atoms with Crippen molar-refractivity contribution in [2.75, 3.05) is 33.8 Å². The fourth-order valence-corrected chi connectivity index (χ4v) is 3.83. The van der Waals surface area contributed by atoms with Crippen LogP contribution >= 0.6 is 23.2 Å².